The van der Waals surface area contributed by atoms with Crippen LogP contribution in [-0.4, -0.2) is 10.2 Å². The molecular weight excluding hydrogens is 466 g/mol. The van der Waals surface area contributed by atoms with Gasteiger partial charge in [0.1, 0.15) is 11.5 Å². The first-order valence-corrected chi connectivity index (χ1v) is 11.0. The Labute approximate surface area is 187 Å². The van der Waals surface area contributed by atoms with Crippen molar-refractivity contribution in [2.45, 2.75) is 5.75 Å². The lowest BCUT2D eigenvalue weighted by Gasteiger charge is -1.93. The number of benzene rings is 3. The van der Waals surface area contributed by atoms with Crippen LogP contribution in [0.5, 0.6) is 11.5 Å². The molecule has 0 amide bonds. The first kappa shape index (κ1) is 24.2. The molecule has 0 fully saturated rings. The lowest BCUT2D eigenvalue weighted by Crippen LogP contribution is -1.73. The Balaban J connectivity index is 0.000000202. The summed E-state index contributed by atoms with van der Waals surface area (Å²) in [5.41, 5.74) is 1.33. The van der Waals surface area contributed by atoms with Crippen LogP contribution in [0.3, 0.4) is 0 Å². The zero-order valence-electron chi connectivity index (χ0n) is 13.8. The van der Waals surface area contributed by atoms with Crippen molar-refractivity contribution in [2.75, 3.05) is 0 Å². The minimum atomic E-state index is 0.0565. The van der Waals surface area contributed by atoms with E-state index in [1.807, 2.05) is 18.2 Å². The van der Waals surface area contributed by atoms with Gasteiger partial charge in [-0.2, -0.15) is 0 Å². The normalized spacial score (nSPS) is 9.52. The molecular formula is C19H16Cl4O2S2. The zero-order chi connectivity index (χ0) is 20.2. The van der Waals surface area contributed by atoms with Gasteiger partial charge in [-0.3, -0.25) is 0 Å². The van der Waals surface area contributed by atoms with Crippen LogP contribution in [0.15, 0.2) is 66.7 Å². The summed E-state index contributed by atoms with van der Waals surface area (Å²) in [4.78, 5) is 0. The number of phenols is 2. The molecule has 0 aromatic heterocycles. The van der Waals surface area contributed by atoms with Gasteiger partial charge < -0.3 is 10.2 Å². The highest BCUT2D eigenvalue weighted by molar-refractivity contribution is 8.68. The average Bonchev–Trinajstić information content (AvgIpc) is 2.64. The number of aromatic hydroxyl groups is 2. The Kier molecular flexibility index (Phi) is 11.9. The average molecular weight is 482 g/mol. The summed E-state index contributed by atoms with van der Waals surface area (Å²) in [5, 5.41) is 19.3. The highest BCUT2D eigenvalue weighted by Crippen LogP contribution is 2.26. The molecule has 3 aromatic carbocycles. The maximum atomic E-state index is 8.85. The molecule has 0 aliphatic rings. The van der Waals surface area contributed by atoms with Crippen LogP contribution in [0.25, 0.3) is 0 Å². The molecule has 144 valence electrons. The minimum Gasteiger partial charge on any atom is -0.506 e. The fraction of sp³-hybridized carbons (Fsp3) is 0.0526. The fourth-order valence-corrected chi connectivity index (χ4v) is 3.22. The molecule has 2 N–H and O–H groups in total. The predicted octanol–water partition coefficient (Wildman–Crippen LogP) is 8.16. The second-order valence-electron chi connectivity index (χ2n) is 4.95. The molecule has 0 saturated carbocycles. The van der Waals surface area contributed by atoms with E-state index >= 15 is 0 Å². The third kappa shape index (κ3) is 10.3. The van der Waals surface area contributed by atoms with Gasteiger partial charge in [-0.05, 0) is 42.0 Å². The summed E-state index contributed by atoms with van der Waals surface area (Å²) in [6.07, 6.45) is 0. The van der Waals surface area contributed by atoms with Gasteiger partial charge in [0.05, 0.1) is 10.0 Å². The fourth-order valence-electron chi connectivity index (χ4n) is 1.61. The van der Waals surface area contributed by atoms with Crippen molar-refractivity contribution in [3.8, 4) is 11.5 Å². The maximum absolute atomic E-state index is 8.85. The van der Waals surface area contributed by atoms with Gasteiger partial charge in [0.15, 0.2) is 0 Å². The summed E-state index contributed by atoms with van der Waals surface area (Å²) in [6, 6.07) is 19.3. The number of rotatable bonds is 2. The van der Waals surface area contributed by atoms with E-state index in [0.717, 1.165) is 5.75 Å². The Hall–Kier alpha value is -0.880. The van der Waals surface area contributed by atoms with Crippen molar-refractivity contribution in [3.05, 3.63) is 92.4 Å². The van der Waals surface area contributed by atoms with Crippen LogP contribution in [-0.2, 0) is 5.75 Å². The molecule has 0 radical (unpaired) electrons. The Morgan fingerprint density at radius 1 is 0.704 bits per heavy atom. The Morgan fingerprint density at radius 3 is 1.48 bits per heavy atom. The van der Waals surface area contributed by atoms with Crippen molar-refractivity contribution in [3.63, 3.8) is 0 Å². The van der Waals surface area contributed by atoms with Gasteiger partial charge >= 0.3 is 0 Å². The molecule has 3 rings (SSSR count). The molecule has 0 aliphatic carbocycles. The summed E-state index contributed by atoms with van der Waals surface area (Å²) in [7, 11) is 1.55. The lowest BCUT2D eigenvalue weighted by molar-refractivity contribution is 0.475. The van der Waals surface area contributed by atoms with Crippen molar-refractivity contribution >= 4 is 68.9 Å². The number of hydrogen-bond acceptors (Lipinski definition) is 4. The Bertz CT molecular complexity index is 784. The lowest BCUT2D eigenvalue weighted by atomic mass is 10.2. The van der Waals surface area contributed by atoms with E-state index in [2.05, 4.69) is 23.8 Å². The largest absolute Gasteiger partial charge is 0.506 e. The molecule has 0 bridgehead atoms. The van der Waals surface area contributed by atoms with E-state index in [9.17, 15) is 0 Å². The number of thiol groups is 1. The SMILES string of the molecule is Oc1ccc(Cl)cc1Cl.Oc1ccc(Cl)cc1Cl.SSCc1ccccc1. The van der Waals surface area contributed by atoms with Crippen LogP contribution in [0.1, 0.15) is 5.56 Å². The van der Waals surface area contributed by atoms with Gasteiger partial charge in [-0.25, -0.2) is 0 Å². The van der Waals surface area contributed by atoms with Gasteiger partial charge in [0.2, 0.25) is 0 Å². The predicted molar refractivity (Wildman–Crippen MR) is 123 cm³/mol. The topological polar surface area (TPSA) is 40.5 Å². The molecule has 0 spiro atoms. The molecule has 0 unspecified atom stereocenters. The van der Waals surface area contributed by atoms with Crippen LogP contribution < -0.4 is 0 Å². The molecule has 0 saturated heterocycles. The first-order chi connectivity index (χ1) is 12.8. The van der Waals surface area contributed by atoms with Gasteiger partial charge in [-0.1, -0.05) is 87.5 Å². The van der Waals surface area contributed by atoms with E-state index in [0.29, 0.717) is 10.0 Å². The standard InChI is InChI=1S/C7H8S2.2C6H4Cl2O/c8-9-6-7-4-2-1-3-5-7;2*7-4-1-2-6(9)5(8)3-4/h1-5,8H,6H2;2*1-3,9H. The monoisotopic (exact) mass is 480 g/mol. The van der Waals surface area contributed by atoms with Crippen LogP contribution in [0.2, 0.25) is 20.1 Å². The van der Waals surface area contributed by atoms with Gasteiger partial charge in [0.25, 0.3) is 0 Å². The molecule has 3 aromatic rings. The van der Waals surface area contributed by atoms with E-state index < -0.39 is 0 Å². The minimum absolute atomic E-state index is 0.0565. The summed E-state index contributed by atoms with van der Waals surface area (Å²) < 4.78 is 0. The maximum Gasteiger partial charge on any atom is 0.134 e. The second kappa shape index (κ2) is 13.3. The highest BCUT2D eigenvalue weighted by Gasteiger charge is 1.96. The third-order valence-corrected chi connectivity index (χ3v) is 4.82. The van der Waals surface area contributed by atoms with E-state index in [4.69, 9.17) is 56.6 Å². The number of phenolic OH excluding ortho intramolecular Hbond substituents is 2. The molecule has 8 heteroatoms. The summed E-state index contributed by atoms with van der Waals surface area (Å²) in [6.45, 7) is 0. The highest BCUT2D eigenvalue weighted by atomic mass is 35.5. The Morgan fingerprint density at radius 2 is 1.15 bits per heavy atom. The van der Waals surface area contributed by atoms with E-state index in [1.54, 1.807) is 22.9 Å². The molecule has 2 nitrogen and oxygen atoms in total. The van der Waals surface area contributed by atoms with Crippen molar-refractivity contribution < 1.29 is 10.2 Å². The van der Waals surface area contributed by atoms with E-state index in [1.165, 1.54) is 29.8 Å². The van der Waals surface area contributed by atoms with Crippen molar-refractivity contribution in [1.82, 2.24) is 0 Å². The van der Waals surface area contributed by atoms with Gasteiger partial charge in [-0.15, -0.1) is 11.7 Å². The van der Waals surface area contributed by atoms with Crippen molar-refractivity contribution in [2.24, 2.45) is 0 Å². The molecule has 27 heavy (non-hydrogen) atoms. The van der Waals surface area contributed by atoms with Crippen LogP contribution in [0.4, 0.5) is 0 Å². The zero-order valence-corrected chi connectivity index (χ0v) is 18.6. The molecule has 0 aliphatic heterocycles. The van der Waals surface area contributed by atoms with Crippen molar-refractivity contribution in [1.29, 1.82) is 0 Å². The number of hydrogen-bond donors (Lipinski definition) is 3. The smallest absolute Gasteiger partial charge is 0.134 e. The second-order valence-corrected chi connectivity index (χ2v) is 7.96. The van der Waals surface area contributed by atoms with E-state index in [-0.39, 0.29) is 21.5 Å². The van der Waals surface area contributed by atoms with Gasteiger partial charge in [0, 0.05) is 15.8 Å². The van der Waals surface area contributed by atoms with Crippen LogP contribution in [0, 0.1) is 0 Å². The third-order valence-electron chi connectivity index (χ3n) is 2.89. The van der Waals surface area contributed by atoms with Crippen LogP contribution >= 0.6 is 68.9 Å². The number of halogens is 4. The quantitative estimate of drug-likeness (QED) is 0.255. The summed E-state index contributed by atoms with van der Waals surface area (Å²) in [5.74, 6) is 1.10. The molecule has 0 atom stereocenters. The summed E-state index contributed by atoms with van der Waals surface area (Å²) >= 11 is 26.1. The first-order valence-electron chi connectivity index (χ1n) is 7.41. The molecule has 0 heterocycles.